The van der Waals surface area contributed by atoms with Crippen LogP contribution in [0.25, 0.3) is 6.08 Å². The highest BCUT2D eigenvalue weighted by molar-refractivity contribution is 6.32. The maximum Gasteiger partial charge on any atom is 0.328 e. The third kappa shape index (κ3) is 3.52. The standard InChI is InChI=1S/C15H18ClNO3/c1-20-11-7-9-17(10-8-11)14-4-2-3-13(16)12(14)5-6-15(18)19/h2-6,11H,7-10H2,1H3,(H,18,19)/b6-5+. The van der Waals surface area contributed by atoms with Crippen molar-refractivity contribution in [3.8, 4) is 0 Å². The van der Waals surface area contributed by atoms with Crippen LogP contribution in [0.3, 0.4) is 0 Å². The fourth-order valence-corrected chi connectivity index (χ4v) is 2.69. The molecular weight excluding hydrogens is 278 g/mol. The lowest BCUT2D eigenvalue weighted by molar-refractivity contribution is -0.131. The number of hydrogen-bond donors (Lipinski definition) is 1. The number of carboxylic acids is 1. The fraction of sp³-hybridized carbons (Fsp3) is 0.400. The van der Waals surface area contributed by atoms with Gasteiger partial charge >= 0.3 is 5.97 Å². The van der Waals surface area contributed by atoms with Crippen LogP contribution < -0.4 is 4.90 Å². The van der Waals surface area contributed by atoms with E-state index in [-0.39, 0.29) is 0 Å². The molecule has 0 bridgehead atoms. The van der Waals surface area contributed by atoms with E-state index in [0.29, 0.717) is 11.1 Å². The molecule has 4 nitrogen and oxygen atoms in total. The van der Waals surface area contributed by atoms with Crippen LogP contribution in [-0.4, -0.2) is 37.4 Å². The molecule has 5 heteroatoms. The summed E-state index contributed by atoms with van der Waals surface area (Å²) in [6.07, 6.45) is 4.91. The maximum absolute atomic E-state index is 10.7. The molecular formula is C15H18ClNO3. The molecule has 1 heterocycles. The second-order valence-corrected chi connectivity index (χ2v) is 5.17. The van der Waals surface area contributed by atoms with E-state index in [1.807, 2.05) is 12.1 Å². The quantitative estimate of drug-likeness (QED) is 0.868. The van der Waals surface area contributed by atoms with Crippen molar-refractivity contribution < 1.29 is 14.6 Å². The third-order valence-corrected chi connectivity index (χ3v) is 3.87. The van der Waals surface area contributed by atoms with Gasteiger partial charge in [0.1, 0.15) is 0 Å². The normalized spacial score (nSPS) is 16.8. The van der Waals surface area contributed by atoms with E-state index in [4.69, 9.17) is 21.4 Å². The molecule has 1 aromatic rings. The average molecular weight is 296 g/mol. The number of aliphatic carboxylic acids is 1. The zero-order valence-corrected chi connectivity index (χ0v) is 12.1. The van der Waals surface area contributed by atoms with Gasteiger partial charge in [-0.25, -0.2) is 4.79 Å². The number of nitrogens with zero attached hydrogens (tertiary/aromatic N) is 1. The Balaban J connectivity index is 2.23. The van der Waals surface area contributed by atoms with Gasteiger partial charge in [-0.05, 0) is 31.1 Å². The van der Waals surface area contributed by atoms with Gasteiger partial charge in [0, 0.05) is 42.5 Å². The molecule has 0 atom stereocenters. The summed E-state index contributed by atoms with van der Waals surface area (Å²) in [4.78, 5) is 12.9. The summed E-state index contributed by atoms with van der Waals surface area (Å²) in [6, 6.07) is 5.63. The van der Waals surface area contributed by atoms with E-state index in [9.17, 15) is 4.79 Å². The van der Waals surface area contributed by atoms with E-state index in [1.165, 1.54) is 0 Å². The van der Waals surface area contributed by atoms with Gasteiger partial charge in [-0.1, -0.05) is 17.7 Å². The van der Waals surface area contributed by atoms with Crippen molar-refractivity contribution in [2.45, 2.75) is 18.9 Å². The Kier molecular flexibility index (Phi) is 5.04. The monoisotopic (exact) mass is 295 g/mol. The van der Waals surface area contributed by atoms with Gasteiger partial charge in [0.15, 0.2) is 0 Å². The summed E-state index contributed by atoms with van der Waals surface area (Å²) >= 11 is 6.19. The topological polar surface area (TPSA) is 49.8 Å². The smallest absolute Gasteiger partial charge is 0.328 e. The van der Waals surface area contributed by atoms with Gasteiger partial charge in [-0.2, -0.15) is 0 Å². The summed E-state index contributed by atoms with van der Waals surface area (Å²) in [5.41, 5.74) is 1.73. The molecule has 20 heavy (non-hydrogen) atoms. The van der Waals surface area contributed by atoms with Crippen molar-refractivity contribution >= 4 is 29.3 Å². The Morgan fingerprint density at radius 1 is 1.45 bits per heavy atom. The largest absolute Gasteiger partial charge is 0.478 e. The van der Waals surface area contributed by atoms with Crippen LogP contribution in [0.15, 0.2) is 24.3 Å². The number of methoxy groups -OCH3 is 1. The van der Waals surface area contributed by atoms with Gasteiger partial charge in [0.25, 0.3) is 0 Å². The number of carboxylic acid groups (broad SMARTS) is 1. The zero-order valence-electron chi connectivity index (χ0n) is 11.4. The van der Waals surface area contributed by atoms with Gasteiger partial charge in [0.2, 0.25) is 0 Å². The van der Waals surface area contributed by atoms with E-state index >= 15 is 0 Å². The van der Waals surface area contributed by atoms with Crippen molar-refractivity contribution in [1.82, 2.24) is 0 Å². The van der Waals surface area contributed by atoms with Gasteiger partial charge in [-0.15, -0.1) is 0 Å². The Hall–Kier alpha value is -1.52. The van der Waals surface area contributed by atoms with Crippen LogP contribution in [0.1, 0.15) is 18.4 Å². The molecule has 1 fully saturated rings. The molecule has 1 aliphatic rings. The zero-order chi connectivity index (χ0) is 14.5. The molecule has 108 valence electrons. The molecule has 1 saturated heterocycles. The molecule has 0 saturated carbocycles. The minimum Gasteiger partial charge on any atom is -0.478 e. The molecule has 0 amide bonds. The number of rotatable bonds is 4. The van der Waals surface area contributed by atoms with Crippen LogP contribution >= 0.6 is 11.6 Å². The van der Waals surface area contributed by atoms with Crippen LogP contribution in [0.4, 0.5) is 5.69 Å². The lowest BCUT2D eigenvalue weighted by atomic mass is 10.0. The van der Waals surface area contributed by atoms with Crippen molar-refractivity contribution in [3.63, 3.8) is 0 Å². The van der Waals surface area contributed by atoms with E-state index in [0.717, 1.165) is 43.3 Å². The first-order chi connectivity index (χ1) is 9.61. The number of halogens is 1. The van der Waals surface area contributed by atoms with Crippen LogP contribution in [0.5, 0.6) is 0 Å². The first kappa shape index (κ1) is 14.9. The molecule has 1 aliphatic heterocycles. The van der Waals surface area contributed by atoms with Crippen LogP contribution in [0.2, 0.25) is 5.02 Å². The maximum atomic E-state index is 10.7. The first-order valence-corrected chi connectivity index (χ1v) is 6.97. The van der Waals surface area contributed by atoms with Gasteiger partial charge in [0.05, 0.1) is 6.10 Å². The van der Waals surface area contributed by atoms with Crippen LogP contribution in [0, 0.1) is 0 Å². The Morgan fingerprint density at radius 2 is 2.15 bits per heavy atom. The van der Waals surface area contributed by atoms with Gasteiger partial charge in [-0.3, -0.25) is 0 Å². The molecule has 0 aromatic heterocycles. The fourth-order valence-electron chi connectivity index (χ4n) is 2.45. The van der Waals surface area contributed by atoms with Gasteiger partial charge < -0.3 is 14.7 Å². The predicted octanol–water partition coefficient (Wildman–Crippen LogP) is 3.05. The lowest BCUT2D eigenvalue weighted by Gasteiger charge is -2.34. The molecule has 1 aromatic carbocycles. The number of piperidine rings is 1. The number of carbonyl (C=O) groups is 1. The molecule has 0 radical (unpaired) electrons. The Bertz CT molecular complexity index is 508. The number of benzene rings is 1. The minimum atomic E-state index is -0.978. The molecule has 0 spiro atoms. The second-order valence-electron chi connectivity index (χ2n) is 4.77. The summed E-state index contributed by atoms with van der Waals surface area (Å²) in [7, 11) is 1.74. The van der Waals surface area contributed by atoms with E-state index in [2.05, 4.69) is 4.90 Å². The van der Waals surface area contributed by atoms with E-state index in [1.54, 1.807) is 19.3 Å². The van der Waals surface area contributed by atoms with E-state index < -0.39 is 5.97 Å². The summed E-state index contributed by atoms with van der Waals surface area (Å²) in [6.45, 7) is 1.76. The highest BCUT2D eigenvalue weighted by atomic mass is 35.5. The Morgan fingerprint density at radius 3 is 2.75 bits per heavy atom. The summed E-state index contributed by atoms with van der Waals surface area (Å²) in [5.74, 6) is -0.978. The summed E-state index contributed by atoms with van der Waals surface area (Å²) < 4.78 is 5.36. The van der Waals surface area contributed by atoms with Crippen molar-refractivity contribution in [2.75, 3.05) is 25.1 Å². The average Bonchev–Trinajstić information content (AvgIpc) is 2.45. The third-order valence-electron chi connectivity index (χ3n) is 3.54. The number of anilines is 1. The molecule has 0 unspecified atom stereocenters. The molecule has 0 aliphatic carbocycles. The highest BCUT2D eigenvalue weighted by Crippen LogP contribution is 2.31. The SMILES string of the molecule is COC1CCN(c2cccc(Cl)c2/C=C/C(=O)O)CC1. The molecule has 1 N–H and O–H groups in total. The highest BCUT2D eigenvalue weighted by Gasteiger charge is 2.20. The minimum absolute atomic E-state index is 0.309. The van der Waals surface area contributed by atoms with Crippen LogP contribution in [-0.2, 0) is 9.53 Å². The van der Waals surface area contributed by atoms with Crippen molar-refractivity contribution in [3.05, 3.63) is 34.9 Å². The number of hydrogen-bond acceptors (Lipinski definition) is 3. The predicted molar refractivity (Wildman–Crippen MR) is 80.4 cm³/mol. The lowest BCUT2D eigenvalue weighted by Crippen LogP contribution is -2.37. The molecule has 2 rings (SSSR count). The van der Waals surface area contributed by atoms with Crippen molar-refractivity contribution in [2.24, 2.45) is 0 Å². The number of ether oxygens (including phenoxy) is 1. The second kappa shape index (κ2) is 6.77. The Labute approximate surface area is 123 Å². The van der Waals surface area contributed by atoms with Crippen molar-refractivity contribution in [1.29, 1.82) is 0 Å². The first-order valence-electron chi connectivity index (χ1n) is 6.59. The summed E-state index contributed by atoms with van der Waals surface area (Å²) in [5, 5.41) is 9.34.